The number of nitrogens with two attached hydrogens (primary N) is 1. The Hall–Kier alpha value is -2.21. The first-order chi connectivity index (χ1) is 9.13. The Bertz CT molecular complexity index is 553. The molecule has 2 heterocycles. The van der Waals surface area contributed by atoms with E-state index in [2.05, 4.69) is 10.1 Å². The summed E-state index contributed by atoms with van der Waals surface area (Å²) in [5.74, 6) is 0.335. The molecule has 1 atom stereocenters. The predicted molar refractivity (Wildman–Crippen MR) is 70.3 cm³/mol. The zero-order valence-electron chi connectivity index (χ0n) is 10.9. The van der Waals surface area contributed by atoms with Crippen molar-refractivity contribution in [1.29, 1.82) is 0 Å². The molecule has 0 saturated heterocycles. The number of pyridine rings is 1. The monoisotopic (exact) mass is 260 g/mol. The molecule has 2 aromatic heterocycles. The van der Waals surface area contributed by atoms with Gasteiger partial charge in [0.25, 0.3) is 5.91 Å². The van der Waals surface area contributed by atoms with Gasteiger partial charge in [-0.2, -0.15) is 0 Å². The second-order valence-corrected chi connectivity index (χ2v) is 4.31. The number of hydrogen-bond donors (Lipinski definition) is 1. The van der Waals surface area contributed by atoms with Gasteiger partial charge in [0.15, 0.2) is 11.5 Å². The van der Waals surface area contributed by atoms with Crippen LogP contribution in [0.5, 0.6) is 0 Å². The lowest BCUT2D eigenvalue weighted by Crippen LogP contribution is -2.39. The zero-order chi connectivity index (χ0) is 13.8. The second kappa shape index (κ2) is 5.62. The molecule has 6 nitrogen and oxygen atoms in total. The number of aromatic nitrogens is 2. The first-order valence-corrected chi connectivity index (χ1v) is 5.98. The van der Waals surface area contributed by atoms with E-state index in [-0.39, 0.29) is 17.6 Å². The molecule has 2 aromatic rings. The third kappa shape index (κ3) is 2.79. The van der Waals surface area contributed by atoms with Crippen LogP contribution in [0.3, 0.4) is 0 Å². The summed E-state index contributed by atoms with van der Waals surface area (Å²) in [4.78, 5) is 17.6. The van der Waals surface area contributed by atoms with Gasteiger partial charge in [-0.1, -0.05) is 5.16 Å². The van der Waals surface area contributed by atoms with E-state index in [1.807, 2.05) is 6.92 Å². The predicted octanol–water partition coefficient (Wildman–Crippen LogP) is 1.16. The zero-order valence-corrected chi connectivity index (χ0v) is 10.9. The Morgan fingerprint density at radius 1 is 1.47 bits per heavy atom. The lowest BCUT2D eigenvalue weighted by Gasteiger charge is -2.22. The van der Waals surface area contributed by atoms with Crippen molar-refractivity contribution >= 4 is 5.91 Å². The lowest BCUT2D eigenvalue weighted by atomic mass is 10.2. The molecule has 100 valence electrons. The van der Waals surface area contributed by atoms with Crippen molar-refractivity contribution in [3.8, 4) is 11.3 Å². The minimum atomic E-state index is -0.206. The normalized spacial score (nSPS) is 12.2. The van der Waals surface area contributed by atoms with Gasteiger partial charge in [0.1, 0.15) is 0 Å². The van der Waals surface area contributed by atoms with Crippen molar-refractivity contribution in [1.82, 2.24) is 15.0 Å². The van der Waals surface area contributed by atoms with E-state index in [0.29, 0.717) is 12.3 Å². The van der Waals surface area contributed by atoms with E-state index in [4.69, 9.17) is 10.3 Å². The van der Waals surface area contributed by atoms with Gasteiger partial charge in [0, 0.05) is 43.7 Å². The van der Waals surface area contributed by atoms with Crippen molar-refractivity contribution in [2.45, 2.75) is 13.0 Å². The fourth-order valence-corrected chi connectivity index (χ4v) is 1.57. The first kappa shape index (κ1) is 13.2. The van der Waals surface area contributed by atoms with Gasteiger partial charge in [-0.05, 0) is 19.1 Å². The Labute approximate surface area is 111 Å². The van der Waals surface area contributed by atoms with E-state index in [1.165, 1.54) is 0 Å². The summed E-state index contributed by atoms with van der Waals surface area (Å²) in [6.45, 7) is 2.28. The van der Waals surface area contributed by atoms with Gasteiger partial charge in [-0.15, -0.1) is 0 Å². The van der Waals surface area contributed by atoms with Crippen molar-refractivity contribution < 1.29 is 9.32 Å². The third-order valence-corrected chi connectivity index (χ3v) is 3.02. The summed E-state index contributed by atoms with van der Waals surface area (Å²) in [5, 5.41) is 3.80. The summed E-state index contributed by atoms with van der Waals surface area (Å²) in [6, 6.07) is 5.16. The summed E-state index contributed by atoms with van der Waals surface area (Å²) in [5.41, 5.74) is 6.64. The Balaban J connectivity index is 2.20. The molecule has 0 radical (unpaired) electrons. The molecule has 1 unspecified atom stereocenters. The quantitative estimate of drug-likeness (QED) is 0.891. The van der Waals surface area contributed by atoms with Gasteiger partial charge in [-0.25, -0.2) is 0 Å². The molecule has 0 aliphatic rings. The van der Waals surface area contributed by atoms with Crippen molar-refractivity contribution in [3.63, 3.8) is 0 Å². The van der Waals surface area contributed by atoms with Gasteiger partial charge < -0.3 is 15.2 Å². The topological polar surface area (TPSA) is 85.2 Å². The molecule has 6 heteroatoms. The number of carbonyl (C=O) groups excluding carboxylic acids is 1. The second-order valence-electron chi connectivity index (χ2n) is 4.31. The molecule has 0 fully saturated rings. The van der Waals surface area contributed by atoms with Crippen LogP contribution in [0.25, 0.3) is 11.3 Å². The number of nitrogens with zero attached hydrogens (tertiary/aromatic N) is 3. The van der Waals surface area contributed by atoms with Crippen LogP contribution in [0.4, 0.5) is 0 Å². The minimum Gasteiger partial charge on any atom is -0.355 e. The van der Waals surface area contributed by atoms with Gasteiger partial charge in [0.2, 0.25) is 0 Å². The summed E-state index contributed by atoms with van der Waals surface area (Å²) < 4.78 is 5.18. The first-order valence-electron chi connectivity index (χ1n) is 5.98. The Morgan fingerprint density at radius 3 is 2.79 bits per heavy atom. The van der Waals surface area contributed by atoms with Crippen molar-refractivity contribution in [2.75, 3.05) is 13.6 Å². The molecular weight excluding hydrogens is 244 g/mol. The molecule has 19 heavy (non-hydrogen) atoms. The molecular formula is C13H16N4O2. The highest BCUT2D eigenvalue weighted by Crippen LogP contribution is 2.19. The van der Waals surface area contributed by atoms with Crippen molar-refractivity contribution in [2.24, 2.45) is 5.73 Å². The minimum absolute atomic E-state index is 0.0476. The Morgan fingerprint density at radius 2 is 2.16 bits per heavy atom. The molecule has 2 N–H and O–H groups in total. The van der Waals surface area contributed by atoms with Crippen LogP contribution >= 0.6 is 0 Å². The highest BCUT2D eigenvalue weighted by molar-refractivity contribution is 5.93. The van der Waals surface area contributed by atoms with Crippen LogP contribution in [0.1, 0.15) is 17.4 Å². The van der Waals surface area contributed by atoms with Crippen LogP contribution in [0, 0.1) is 0 Å². The average molecular weight is 260 g/mol. The van der Waals surface area contributed by atoms with Crippen LogP contribution in [0.2, 0.25) is 0 Å². The van der Waals surface area contributed by atoms with Crippen molar-refractivity contribution in [3.05, 3.63) is 36.3 Å². The molecule has 0 spiro atoms. The smallest absolute Gasteiger partial charge is 0.276 e. The third-order valence-electron chi connectivity index (χ3n) is 3.02. The van der Waals surface area contributed by atoms with Crippen LogP contribution in [-0.2, 0) is 0 Å². The van der Waals surface area contributed by atoms with E-state index >= 15 is 0 Å². The average Bonchev–Trinajstić information content (AvgIpc) is 2.95. The molecule has 0 bridgehead atoms. The number of rotatable bonds is 4. The highest BCUT2D eigenvalue weighted by Gasteiger charge is 2.20. The molecule has 0 aromatic carbocycles. The van der Waals surface area contributed by atoms with E-state index < -0.39 is 0 Å². The molecule has 0 aliphatic heterocycles. The summed E-state index contributed by atoms with van der Waals surface area (Å²) in [7, 11) is 1.70. The number of hydrogen-bond acceptors (Lipinski definition) is 5. The van der Waals surface area contributed by atoms with Gasteiger partial charge in [0.05, 0.1) is 0 Å². The highest BCUT2D eigenvalue weighted by atomic mass is 16.5. The molecule has 0 aliphatic carbocycles. The number of amides is 1. The largest absolute Gasteiger partial charge is 0.355 e. The standard InChI is InChI=1S/C13H16N4O2/c1-9(8-14)17(2)13(18)11-7-12(19-16-11)10-3-5-15-6-4-10/h3-7,9H,8,14H2,1-2H3. The Kier molecular flexibility index (Phi) is 3.91. The SMILES string of the molecule is CC(CN)N(C)C(=O)c1cc(-c2ccncc2)on1. The van der Waals surface area contributed by atoms with E-state index in [9.17, 15) is 4.79 Å². The number of likely N-dealkylation sites (N-methyl/N-ethyl adjacent to an activating group) is 1. The fraction of sp³-hybridized carbons (Fsp3) is 0.308. The van der Waals surface area contributed by atoms with Crippen LogP contribution < -0.4 is 5.73 Å². The summed E-state index contributed by atoms with van der Waals surface area (Å²) in [6.07, 6.45) is 3.31. The summed E-state index contributed by atoms with van der Waals surface area (Å²) >= 11 is 0. The maximum atomic E-state index is 12.1. The van der Waals surface area contributed by atoms with E-state index in [0.717, 1.165) is 5.56 Å². The fourth-order valence-electron chi connectivity index (χ4n) is 1.57. The van der Waals surface area contributed by atoms with Crippen LogP contribution in [0.15, 0.2) is 35.1 Å². The number of carbonyl (C=O) groups is 1. The molecule has 2 rings (SSSR count). The molecule has 0 saturated carbocycles. The van der Waals surface area contributed by atoms with Crippen LogP contribution in [-0.4, -0.2) is 40.6 Å². The molecule has 1 amide bonds. The lowest BCUT2D eigenvalue weighted by molar-refractivity contribution is 0.0738. The maximum absolute atomic E-state index is 12.1. The van der Waals surface area contributed by atoms with E-state index in [1.54, 1.807) is 42.5 Å². The maximum Gasteiger partial charge on any atom is 0.276 e. The van der Waals surface area contributed by atoms with Gasteiger partial charge in [-0.3, -0.25) is 9.78 Å². The van der Waals surface area contributed by atoms with Gasteiger partial charge >= 0.3 is 0 Å².